The fourth-order valence-corrected chi connectivity index (χ4v) is 5.39. The maximum atomic E-state index is 14.5. The van der Waals surface area contributed by atoms with E-state index in [1.54, 1.807) is 57.2 Å². The summed E-state index contributed by atoms with van der Waals surface area (Å²) in [6.45, 7) is 6.00. The first-order valence-electron chi connectivity index (χ1n) is 12.1. The zero-order valence-corrected chi connectivity index (χ0v) is 23.3. The molecule has 0 radical (unpaired) electrons. The number of hydrogen-bond donors (Lipinski definition) is 1. The Bertz CT molecular complexity index is 1400. The molecule has 1 atom stereocenters. The molecule has 0 bridgehead atoms. The van der Waals surface area contributed by atoms with Crippen LogP contribution in [0.3, 0.4) is 0 Å². The Labute approximate surface area is 228 Å². The van der Waals surface area contributed by atoms with Gasteiger partial charge in [-0.2, -0.15) is 0 Å². The van der Waals surface area contributed by atoms with Crippen molar-refractivity contribution in [2.45, 2.75) is 51.2 Å². The summed E-state index contributed by atoms with van der Waals surface area (Å²) >= 11 is 6.31. The molecule has 0 aliphatic rings. The maximum absolute atomic E-state index is 14.5. The molecule has 0 aromatic heterocycles. The Kier molecular flexibility index (Phi) is 9.51. The molecule has 3 aromatic carbocycles. The van der Waals surface area contributed by atoms with Gasteiger partial charge in [0, 0.05) is 23.2 Å². The Morgan fingerprint density at radius 3 is 2.21 bits per heavy atom. The van der Waals surface area contributed by atoms with Crippen LogP contribution in [0, 0.1) is 12.7 Å². The number of nitrogens with one attached hydrogen (secondary N) is 1. The van der Waals surface area contributed by atoms with E-state index < -0.39 is 40.2 Å². The van der Waals surface area contributed by atoms with Gasteiger partial charge < -0.3 is 10.2 Å². The highest BCUT2D eigenvalue weighted by Crippen LogP contribution is 2.28. The van der Waals surface area contributed by atoms with Crippen LogP contribution in [0.2, 0.25) is 5.02 Å². The monoisotopic (exact) mass is 559 g/mol. The number of sulfonamides is 1. The molecule has 1 N–H and O–H groups in total. The molecule has 10 heteroatoms. The van der Waals surface area contributed by atoms with Gasteiger partial charge in [0.25, 0.3) is 10.0 Å². The van der Waals surface area contributed by atoms with Gasteiger partial charge in [0.15, 0.2) is 0 Å². The molecule has 0 aliphatic carbocycles. The first-order chi connectivity index (χ1) is 17.9. The minimum Gasteiger partial charge on any atom is -0.352 e. The number of carbonyl (C=O) groups is 2. The third-order valence-corrected chi connectivity index (χ3v) is 8.15. The minimum atomic E-state index is -4.21. The smallest absolute Gasteiger partial charge is 0.264 e. The first kappa shape index (κ1) is 29.1. The number of nitrogens with zero attached hydrogens (tertiary/aromatic N) is 2. The summed E-state index contributed by atoms with van der Waals surface area (Å²) in [5, 5.41) is 3.09. The highest BCUT2D eigenvalue weighted by molar-refractivity contribution is 7.92. The van der Waals surface area contributed by atoms with E-state index >= 15 is 0 Å². The van der Waals surface area contributed by atoms with Gasteiger partial charge in [0.2, 0.25) is 11.8 Å². The van der Waals surface area contributed by atoms with Crippen molar-refractivity contribution in [3.63, 3.8) is 0 Å². The van der Waals surface area contributed by atoms with E-state index in [0.717, 1.165) is 9.87 Å². The van der Waals surface area contributed by atoms with E-state index in [-0.39, 0.29) is 28.7 Å². The second kappa shape index (κ2) is 12.4. The fraction of sp³-hybridized carbons (Fsp3) is 0.286. The molecule has 3 aromatic rings. The average molecular weight is 560 g/mol. The topological polar surface area (TPSA) is 86.8 Å². The van der Waals surface area contributed by atoms with Crippen LogP contribution in [-0.2, 0) is 26.2 Å². The number of rotatable bonds is 10. The molecular formula is C28H31ClFN3O4S. The highest BCUT2D eigenvalue weighted by atomic mass is 35.5. The van der Waals surface area contributed by atoms with Gasteiger partial charge in [-0.3, -0.25) is 13.9 Å². The fourth-order valence-electron chi connectivity index (χ4n) is 3.78. The zero-order chi connectivity index (χ0) is 28.0. The third kappa shape index (κ3) is 6.90. The van der Waals surface area contributed by atoms with Gasteiger partial charge in [-0.25, -0.2) is 12.8 Å². The lowest BCUT2D eigenvalue weighted by Gasteiger charge is -2.32. The summed E-state index contributed by atoms with van der Waals surface area (Å²) in [4.78, 5) is 27.8. The quantitative estimate of drug-likeness (QED) is 0.382. The Hall–Kier alpha value is -3.43. The molecule has 0 saturated carbocycles. The number of hydrogen-bond acceptors (Lipinski definition) is 4. The van der Waals surface area contributed by atoms with Crippen LogP contribution in [-0.4, -0.2) is 43.8 Å². The predicted molar refractivity (Wildman–Crippen MR) is 147 cm³/mol. The minimum absolute atomic E-state index is 0.0178. The molecule has 0 spiro atoms. The van der Waals surface area contributed by atoms with Crippen molar-refractivity contribution in [1.82, 2.24) is 10.2 Å². The van der Waals surface area contributed by atoms with E-state index in [1.165, 1.54) is 48.2 Å². The van der Waals surface area contributed by atoms with Crippen LogP contribution in [0.15, 0.2) is 77.7 Å². The van der Waals surface area contributed by atoms with Crippen LogP contribution < -0.4 is 9.62 Å². The summed E-state index contributed by atoms with van der Waals surface area (Å²) in [5.74, 6) is -1.67. The molecule has 0 aliphatic heterocycles. The Morgan fingerprint density at radius 2 is 1.61 bits per heavy atom. The lowest BCUT2D eigenvalue weighted by molar-refractivity contribution is -0.139. The molecule has 7 nitrogen and oxygen atoms in total. The number of amides is 2. The first-order valence-corrected chi connectivity index (χ1v) is 13.9. The molecule has 2 amide bonds. The van der Waals surface area contributed by atoms with Crippen LogP contribution in [0.1, 0.15) is 31.9 Å². The third-order valence-electron chi connectivity index (χ3n) is 5.95. The summed E-state index contributed by atoms with van der Waals surface area (Å²) in [6, 6.07) is 17.1. The predicted octanol–water partition coefficient (Wildman–Crippen LogP) is 4.92. The standard InChI is InChI=1S/C28H31ClFN3O4S/c1-19(2)31-28(35)21(4)32(17-22-10-8-9-13-26(22)30)27(34)18-33(23-15-14-20(3)25(29)16-23)38(36,37)24-11-6-5-7-12-24/h5-16,19,21H,17-18H2,1-4H3,(H,31,35). The molecule has 0 heterocycles. The molecule has 3 rings (SSSR count). The van der Waals surface area contributed by atoms with Crippen molar-refractivity contribution in [3.05, 3.63) is 94.8 Å². The van der Waals surface area contributed by atoms with Crippen LogP contribution >= 0.6 is 11.6 Å². The number of carbonyl (C=O) groups excluding carboxylic acids is 2. The van der Waals surface area contributed by atoms with Crippen molar-refractivity contribution in [1.29, 1.82) is 0 Å². The van der Waals surface area contributed by atoms with Crippen LogP contribution in [0.5, 0.6) is 0 Å². The van der Waals surface area contributed by atoms with Crippen LogP contribution in [0.25, 0.3) is 0 Å². The van der Waals surface area contributed by atoms with Gasteiger partial charge in [0.1, 0.15) is 18.4 Å². The number of halogens is 2. The summed E-state index contributed by atoms with van der Waals surface area (Å²) in [7, 11) is -4.21. The summed E-state index contributed by atoms with van der Waals surface area (Å²) in [6.07, 6.45) is 0. The molecule has 1 unspecified atom stereocenters. The van der Waals surface area contributed by atoms with E-state index in [1.807, 2.05) is 0 Å². The second-order valence-corrected chi connectivity index (χ2v) is 11.5. The van der Waals surface area contributed by atoms with E-state index in [4.69, 9.17) is 11.6 Å². The van der Waals surface area contributed by atoms with E-state index in [0.29, 0.717) is 5.02 Å². The lowest BCUT2D eigenvalue weighted by atomic mass is 10.1. The van der Waals surface area contributed by atoms with E-state index in [9.17, 15) is 22.4 Å². The SMILES string of the molecule is Cc1ccc(N(CC(=O)N(Cc2ccccc2F)C(C)C(=O)NC(C)C)S(=O)(=O)c2ccccc2)cc1Cl. The molecule has 38 heavy (non-hydrogen) atoms. The van der Waals surface area contributed by atoms with Crippen molar-refractivity contribution in [3.8, 4) is 0 Å². The van der Waals surface area contributed by atoms with Gasteiger partial charge in [-0.15, -0.1) is 0 Å². The molecule has 0 saturated heterocycles. The molecule has 202 valence electrons. The van der Waals surface area contributed by atoms with E-state index in [2.05, 4.69) is 5.32 Å². The Morgan fingerprint density at radius 1 is 0.974 bits per heavy atom. The summed E-state index contributed by atoms with van der Waals surface area (Å²) < 4.78 is 42.9. The lowest BCUT2D eigenvalue weighted by Crippen LogP contribution is -2.52. The second-order valence-electron chi connectivity index (χ2n) is 9.21. The normalized spacial score (nSPS) is 12.2. The number of anilines is 1. The average Bonchev–Trinajstić information content (AvgIpc) is 2.88. The van der Waals surface area contributed by atoms with Crippen molar-refractivity contribution in [2.24, 2.45) is 0 Å². The largest absolute Gasteiger partial charge is 0.352 e. The maximum Gasteiger partial charge on any atom is 0.264 e. The number of aryl methyl sites for hydroxylation is 1. The molecular weight excluding hydrogens is 529 g/mol. The Balaban J connectivity index is 2.06. The van der Waals surface area contributed by atoms with Gasteiger partial charge >= 0.3 is 0 Å². The van der Waals surface area contributed by atoms with Crippen LogP contribution in [0.4, 0.5) is 10.1 Å². The zero-order valence-electron chi connectivity index (χ0n) is 21.7. The van der Waals surface area contributed by atoms with Crippen molar-refractivity contribution in [2.75, 3.05) is 10.8 Å². The van der Waals surface area contributed by atoms with Gasteiger partial charge in [-0.05, 0) is 63.6 Å². The van der Waals surface area contributed by atoms with Crippen molar-refractivity contribution >= 4 is 39.1 Å². The van der Waals surface area contributed by atoms with Crippen molar-refractivity contribution < 1.29 is 22.4 Å². The van der Waals surface area contributed by atoms with Gasteiger partial charge in [-0.1, -0.05) is 54.1 Å². The van der Waals surface area contributed by atoms with Gasteiger partial charge in [0.05, 0.1) is 10.6 Å². The molecule has 0 fully saturated rings. The number of benzene rings is 3. The summed E-state index contributed by atoms with van der Waals surface area (Å²) in [5.41, 5.74) is 1.11. The highest BCUT2D eigenvalue weighted by Gasteiger charge is 2.33.